The zero-order valence-electron chi connectivity index (χ0n) is 14.7. The van der Waals surface area contributed by atoms with Gasteiger partial charge in [-0.2, -0.15) is 11.8 Å². The Labute approximate surface area is 149 Å². The van der Waals surface area contributed by atoms with Crippen molar-refractivity contribution in [3.8, 4) is 0 Å². The number of likely N-dealkylation sites (tertiary alicyclic amines) is 1. The van der Waals surface area contributed by atoms with Crippen molar-refractivity contribution < 1.29 is 4.79 Å². The molecule has 2 heterocycles. The fourth-order valence-corrected chi connectivity index (χ4v) is 5.24. The van der Waals surface area contributed by atoms with Gasteiger partial charge in [0, 0.05) is 29.3 Å². The number of primary amides is 1. The van der Waals surface area contributed by atoms with Crippen LogP contribution in [0.1, 0.15) is 38.7 Å². The van der Waals surface area contributed by atoms with Gasteiger partial charge in [-0.25, -0.2) is 0 Å². The molecular formula is C19H29N3OS. The maximum Gasteiger partial charge on any atom is 0.234 e. The van der Waals surface area contributed by atoms with Crippen molar-refractivity contribution in [2.75, 3.05) is 17.6 Å². The van der Waals surface area contributed by atoms with E-state index in [4.69, 9.17) is 5.73 Å². The quantitative estimate of drug-likeness (QED) is 0.830. The van der Waals surface area contributed by atoms with Crippen molar-refractivity contribution in [2.24, 2.45) is 11.7 Å². The highest BCUT2D eigenvalue weighted by Gasteiger charge is 2.29. The molecule has 24 heavy (non-hydrogen) atoms. The van der Waals surface area contributed by atoms with Crippen LogP contribution in [-0.4, -0.2) is 40.4 Å². The molecular weight excluding hydrogens is 318 g/mol. The van der Waals surface area contributed by atoms with E-state index < -0.39 is 0 Å². The van der Waals surface area contributed by atoms with Gasteiger partial charge in [0.15, 0.2) is 0 Å². The zero-order chi connectivity index (χ0) is 17.1. The summed E-state index contributed by atoms with van der Waals surface area (Å²) in [4.78, 5) is 13.8. The monoisotopic (exact) mass is 347 g/mol. The van der Waals surface area contributed by atoms with Crippen LogP contribution in [0.2, 0.25) is 0 Å². The molecule has 3 atom stereocenters. The van der Waals surface area contributed by atoms with Crippen LogP contribution >= 0.6 is 11.8 Å². The molecule has 1 aromatic carbocycles. The third kappa shape index (κ3) is 4.25. The molecule has 0 bridgehead atoms. The molecule has 0 radical (unpaired) electrons. The molecule has 1 amide bonds. The fraction of sp³-hybridized carbons (Fsp3) is 0.632. The fourth-order valence-electron chi connectivity index (χ4n) is 3.79. The molecule has 0 spiro atoms. The average molecular weight is 348 g/mol. The van der Waals surface area contributed by atoms with Crippen LogP contribution in [0.25, 0.3) is 0 Å². The van der Waals surface area contributed by atoms with Gasteiger partial charge in [0.05, 0.1) is 6.04 Å². The molecule has 3 rings (SSSR count). The molecule has 3 N–H and O–H groups in total. The lowest BCUT2D eigenvalue weighted by molar-refractivity contribution is -0.122. The molecule has 2 aliphatic rings. The molecule has 0 saturated carbocycles. The third-order valence-corrected chi connectivity index (χ3v) is 6.91. The summed E-state index contributed by atoms with van der Waals surface area (Å²) in [6.45, 7) is 6.38. The summed E-state index contributed by atoms with van der Waals surface area (Å²) in [5.41, 5.74) is 7.96. The Kier molecular flexibility index (Phi) is 5.72. The number of hydrogen-bond acceptors (Lipinski definition) is 4. The molecule has 2 aliphatic heterocycles. The predicted octanol–water partition coefficient (Wildman–Crippen LogP) is 3.08. The van der Waals surface area contributed by atoms with Gasteiger partial charge in [0.25, 0.3) is 0 Å². The highest BCUT2D eigenvalue weighted by atomic mass is 32.2. The van der Waals surface area contributed by atoms with Crippen LogP contribution < -0.4 is 11.1 Å². The summed E-state index contributed by atoms with van der Waals surface area (Å²) in [6.07, 6.45) is 3.19. The highest BCUT2D eigenvalue weighted by Crippen LogP contribution is 2.33. The van der Waals surface area contributed by atoms with E-state index in [2.05, 4.69) is 60.1 Å². The van der Waals surface area contributed by atoms with Gasteiger partial charge in [0.1, 0.15) is 0 Å². The van der Waals surface area contributed by atoms with Gasteiger partial charge >= 0.3 is 0 Å². The minimum absolute atomic E-state index is 0.0975. The van der Waals surface area contributed by atoms with E-state index in [1.165, 1.54) is 23.4 Å². The van der Waals surface area contributed by atoms with Crippen LogP contribution in [-0.2, 0) is 11.3 Å². The van der Waals surface area contributed by atoms with Gasteiger partial charge in [-0.15, -0.1) is 0 Å². The summed E-state index contributed by atoms with van der Waals surface area (Å²) < 4.78 is 0. The number of benzene rings is 1. The molecule has 1 aromatic rings. The largest absolute Gasteiger partial charge is 0.381 e. The minimum atomic E-state index is -0.190. The zero-order valence-corrected chi connectivity index (χ0v) is 15.5. The van der Waals surface area contributed by atoms with Crippen molar-refractivity contribution in [1.82, 2.24) is 4.90 Å². The van der Waals surface area contributed by atoms with Crippen LogP contribution in [0.4, 0.5) is 5.69 Å². The Balaban J connectivity index is 1.59. The highest BCUT2D eigenvalue weighted by molar-refractivity contribution is 8.00. The third-order valence-electron chi connectivity index (χ3n) is 5.15. The van der Waals surface area contributed by atoms with Crippen molar-refractivity contribution in [3.05, 3.63) is 29.8 Å². The van der Waals surface area contributed by atoms with Gasteiger partial charge in [-0.1, -0.05) is 26.0 Å². The van der Waals surface area contributed by atoms with Gasteiger partial charge in [0.2, 0.25) is 5.91 Å². The van der Waals surface area contributed by atoms with E-state index in [0.717, 1.165) is 37.1 Å². The molecule has 2 fully saturated rings. The smallest absolute Gasteiger partial charge is 0.234 e. The molecule has 132 valence electrons. The summed E-state index contributed by atoms with van der Waals surface area (Å²) in [6, 6.07) is 9.08. The molecule has 0 unspecified atom stereocenters. The number of nitrogens with zero attached hydrogens (tertiary/aromatic N) is 1. The summed E-state index contributed by atoms with van der Waals surface area (Å²) >= 11 is 2.09. The maximum atomic E-state index is 11.6. The van der Waals surface area contributed by atoms with E-state index in [1.807, 2.05) is 0 Å². The first kappa shape index (κ1) is 17.6. The second-order valence-corrected chi connectivity index (χ2v) is 8.70. The Hall–Kier alpha value is -1.20. The number of anilines is 1. The Bertz CT molecular complexity index is 577. The van der Waals surface area contributed by atoms with Gasteiger partial charge in [-0.3, -0.25) is 9.69 Å². The normalized spacial score (nSPS) is 27.7. The maximum absolute atomic E-state index is 11.6. The van der Waals surface area contributed by atoms with Crippen molar-refractivity contribution in [3.63, 3.8) is 0 Å². The van der Waals surface area contributed by atoms with Gasteiger partial charge < -0.3 is 11.1 Å². The van der Waals surface area contributed by atoms with Crippen molar-refractivity contribution in [2.45, 2.75) is 57.0 Å². The Morgan fingerprint density at radius 1 is 1.46 bits per heavy atom. The van der Waals surface area contributed by atoms with Crippen LogP contribution in [0, 0.1) is 5.92 Å². The van der Waals surface area contributed by atoms with E-state index in [9.17, 15) is 4.79 Å². The minimum Gasteiger partial charge on any atom is -0.381 e. The molecule has 2 saturated heterocycles. The van der Waals surface area contributed by atoms with E-state index >= 15 is 0 Å². The summed E-state index contributed by atoms with van der Waals surface area (Å²) in [7, 11) is 0. The SMILES string of the molecule is CC(C)[C@@H]1C[C@H](Nc2cccc(CN3CCC[C@@H]3C(N)=O)c2)CS1. The van der Waals surface area contributed by atoms with Gasteiger partial charge in [-0.05, 0) is 49.4 Å². The number of rotatable bonds is 6. The molecule has 0 aromatic heterocycles. The van der Waals surface area contributed by atoms with Crippen LogP contribution in [0.15, 0.2) is 24.3 Å². The standard InChI is InChI=1S/C19H29N3OS/c1-13(2)18-10-16(12-24-18)21-15-6-3-5-14(9-15)11-22-8-4-7-17(22)19(20)23/h3,5-6,9,13,16-18,21H,4,7-8,10-12H2,1-2H3,(H2,20,23)/t16-,17+,18-/m0/s1. The average Bonchev–Trinajstić information content (AvgIpc) is 3.17. The second-order valence-electron chi connectivity index (χ2n) is 7.42. The number of nitrogens with one attached hydrogen (secondary N) is 1. The van der Waals surface area contributed by atoms with Crippen molar-refractivity contribution in [1.29, 1.82) is 0 Å². The number of nitrogens with two attached hydrogens (primary N) is 1. The number of amides is 1. The number of carbonyl (C=O) groups excluding carboxylic acids is 1. The van der Waals surface area contributed by atoms with E-state index in [1.54, 1.807) is 0 Å². The number of hydrogen-bond donors (Lipinski definition) is 2. The first-order valence-electron chi connectivity index (χ1n) is 9.03. The van der Waals surface area contributed by atoms with Crippen molar-refractivity contribution >= 4 is 23.4 Å². The Morgan fingerprint density at radius 2 is 2.29 bits per heavy atom. The van der Waals surface area contributed by atoms with Crippen LogP contribution in [0.5, 0.6) is 0 Å². The lowest BCUT2D eigenvalue weighted by Crippen LogP contribution is -2.39. The molecule has 4 nitrogen and oxygen atoms in total. The van der Waals surface area contributed by atoms with Crippen LogP contribution in [0.3, 0.4) is 0 Å². The predicted molar refractivity (Wildman–Crippen MR) is 102 cm³/mol. The number of carbonyl (C=O) groups is 1. The first-order valence-corrected chi connectivity index (χ1v) is 10.1. The summed E-state index contributed by atoms with van der Waals surface area (Å²) in [5, 5.41) is 4.46. The topological polar surface area (TPSA) is 58.4 Å². The molecule has 0 aliphatic carbocycles. The second kappa shape index (κ2) is 7.79. The Morgan fingerprint density at radius 3 is 3.00 bits per heavy atom. The van der Waals surface area contributed by atoms with E-state index in [0.29, 0.717) is 6.04 Å². The lowest BCUT2D eigenvalue weighted by Gasteiger charge is -2.22. The lowest BCUT2D eigenvalue weighted by atomic mass is 10.0. The first-order chi connectivity index (χ1) is 11.5. The number of thioether (sulfide) groups is 1. The summed E-state index contributed by atoms with van der Waals surface area (Å²) in [5.74, 6) is 1.74. The molecule has 5 heteroatoms. The van der Waals surface area contributed by atoms with E-state index in [-0.39, 0.29) is 11.9 Å².